The first-order chi connectivity index (χ1) is 10.2. The summed E-state index contributed by atoms with van der Waals surface area (Å²) < 4.78 is 12.2. The number of aliphatic hydroxyl groups excluding tert-OH is 1. The van der Waals surface area contributed by atoms with E-state index >= 15 is 0 Å². The Morgan fingerprint density at radius 2 is 2.05 bits per heavy atom. The number of allylic oxidation sites excluding steroid dienone is 3. The van der Waals surface area contributed by atoms with E-state index in [1.54, 1.807) is 0 Å². The Kier molecular flexibility index (Phi) is 4.08. The Morgan fingerprint density at radius 3 is 2.71 bits per heavy atom. The van der Waals surface area contributed by atoms with Gasteiger partial charge in [-0.05, 0) is 37.5 Å². The molecule has 3 aliphatic carbocycles. The molecule has 0 unspecified atom stereocenters. The normalized spacial score (nSPS) is 37.8. The van der Waals surface area contributed by atoms with Crippen LogP contribution in [0.5, 0.6) is 0 Å². The van der Waals surface area contributed by atoms with Crippen molar-refractivity contribution in [3.8, 4) is 0 Å². The molecule has 0 aromatic rings. The maximum Gasteiger partial charge on any atom is 0.178 e. The van der Waals surface area contributed by atoms with Crippen molar-refractivity contribution in [1.82, 2.24) is 0 Å². The third-order valence-corrected chi connectivity index (χ3v) is 5.49. The summed E-state index contributed by atoms with van der Waals surface area (Å²) in [6, 6.07) is 0. The SMILES string of the molecule is C=CCC[C@H](O)[C@H]1C[C@H]2C=C[C@]1(CC=C)C1(C2)OCCO1. The van der Waals surface area contributed by atoms with Gasteiger partial charge in [-0.25, -0.2) is 0 Å². The molecule has 1 aliphatic heterocycles. The highest BCUT2D eigenvalue weighted by molar-refractivity contribution is 5.24. The van der Waals surface area contributed by atoms with Crippen LogP contribution in [0.4, 0.5) is 0 Å². The molecule has 3 heteroatoms. The fourth-order valence-corrected chi connectivity index (χ4v) is 4.59. The molecule has 0 aromatic carbocycles. The van der Waals surface area contributed by atoms with Crippen LogP contribution >= 0.6 is 0 Å². The van der Waals surface area contributed by atoms with Crippen molar-refractivity contribution in [3.63, 3.8) is 0 Å². The fourth-order valence-electron chi connectivity index (χ4n) is 4.59. The lowest BCUT2D eigenvalue weighted by Crippen LogP contribution is -2.61. The van der Waals surface area contributed by atoms with E-state index in [0.29, 0.717) is 19.1 Å². The minimum atomic E-state index is -0.557. The van der Waals surface area contributed by atoms with Crippen LogP contribution in [0.25, 0.3) is 0 Å². The topological polar surface area (TPSA) is 38.7 Å². The molecule has 1 heterocycles. The molecule has 3 nitrogen and oxygen atoms in total. The lowest BCUT2D eigenvalue weighted by Gasteiger charge is -2.58. The molecule has 1 N–H and O–H groups in total. The average Bonchev–Trinajstić information content (AvgIpc) is 2.95. The zero-order valence-corrected chi connectivity index (χ0v) is 12.7. The van der Waals surface area contributed by atoms with Gasteiger partial charge in [0.05, 0.1) is 24.7 Å². The molecule has 4 aliphatic rings. The van der Waals surface area contributed by atoms with Crippen LogP contribution in [0.1, 0.15) is 32.1 Å². The fraction of sp³-hybridized carbons (Fsp3) is 0.667. The predicted octanol–water partition coefficient (Wildman–Crippen LogP) is 3.22. The van der Waals surface area contributed by atoms with Crippen molar-refractivity contribution in [1.29, 1.82) is 0 Å². The van der Waals surface area contributed by atoms with Gasteiger partial charge in [-0.1, -0.05) is 24.3 Å². The standard InChI is InChI=1S/C18H26O3/c1-3-5-6-16(19)15-12-14-7-9-17(15,8-4-2)18(13-14)20-10-11-21-18/h3-4,7,9,14-16,19H,1-2,5-6,8,10-13H2/t14-,15-,16+,17+/m1/s1. The molecular formula is C18H26O3. The van der Waals surface area contributed by atoms with Gasteiger partial charge >= 0.3 is 0 Å². The summed E-state index contributed by atoms with van der Waals surface area (Å²) in [4.78, 5) is 0. The molecule has 4 atom stereocenters. The van der Waals surface area contributed by atoms with E-state index in [4.69, 9.17) is 9.47 Å². The Bertz CT molecular complexity index is 436. The first-order valence-corrected chi connectivity index (χ1v) is 8.04. The lowest BCUT2D eigenvalue weighted by atomic mass is 9.52. The maximum atomic E-state index is 10.7. The van der Waals surface area contributed by atoms with Crippen LogP contribution in [-0.2, 0) is 9.47 Å². The van der Waals surface area contributed by atoms with Gasteiger partial charge in [0.15, 0.2) is 5.79 Å². The molecular weight excluding hydrogens is 264 g/mol. The van der Waals surface area contributed by atoms with Crippen LogP contribution in [0.15, 0.2) is 37.5 Å². The minimum Gasteiger partial charge on any atom is -0.393 e. The van der Waals surface area contributed by atoms with Gasteiger partial charge < -0.3 is 14.6 Å². The van der Waals surface area contributed by atoms with Crippen LogP contribution in [0.3, 0.4) is 0 Å². The summed E-state index contributed by atoms with van der Waals surface area (Å²) in [7, 11) is 0. The number of fused-ring (bicyclic) bond motifs is 1. The van der Waals surface area contributed by atoms with Gasteiger partial charge in [-0.15, -0.1) is 13.2 Å². The van der Waals surface area contributed by atoms with E-state index in [9.17, 15) is 5.11 Å². The summed E-state index contributed by atoms with van der Waals surface area (Å²) in [5.41, 5.74) is -0.277. The highest BCUT2D eigenvalue weighted by Gasteiger charge is 2.64. The van der Waals surface area contributed by atoms with Gasteiger partial charge in [0.25, 0.3) is 0 Å². The third-order valence-electron chi connectivity index (χ3n) is 5.49. The monoisotopic (exact) mass is 290 g/mol. The van der Waals surface area contributed by atoms with E-state index in [2.05, 4.69) is 25.3 Å². The number of rotatable bonds is 6. The second kappa shape index (κ2) is 5.71. The summed E-state index contributed by atoms with van der Waals surface area (Å²) >= 11 is 0. The lowest BCUT2D eigenvalue weighted by molar-refractivity contribution is -0.277. The molecule has 1 spiro atoms. The molecule has 0 radical (unpaired) electrons. The third kappa shape index (κ3) is 2.23. The smallest absolute Gasteiger partial charge is 0.178 e. The molecule has 1 saturated heterocycles. The van der Waals surface area contributed by atoms with Crippen LogP contribution < -0.4 is 0 Å². The minimum absolute atomic E-state index is 0.164. The second-order valence-electron chi connectivity index (χ2n) is 6.58. The van der Waals surface area contributed by atoms with Gasteiger partial charge in [0.2, 0.25) is 0 Å². The quantitative estimate of drug-likeness (QED) is 0.763. The molecule has 2 bridgehead atoms. The van der Waals surface area contributed by atoms with E-state index in [0.717, 1.165) is 32.1 Å². The average molecular weight is 290 g/mol. The Hall–Kier alpha value is -0.900. The van der Waals surface area contributed by atoms with Gasteiger partial charge in [-0.2, -0.15) is 0 Å². The van der Waals surface area contributed by atoms with Gasteiger partial charge in [0.1, 0.15) is 0 Å². The van der Waals surface area contributed by atoms with Crippen molar-refractivity contribution in [3.05, 3.63) is 37.5 Å². The van der Waals surface area contributed by atoms with E-state index in [1.165, 1.54) is 0 Å². The van der Waals surface area contributed by atoms with Crippen molar-refractivity contribution >= 4 is 0 Å². The number of aliphatic hydroxyl groups is 1. The van der Waals surface area contributed by atoms with E-state index in [1.807, 2.05) is 12.2 Å². The number of hydrogen-bond donors (Lipinski definition) is 1. The summed E-state index contributed by atoms with van der Waals surface area (Å²) in [5.74, 6) is 0.0501. The number of ether oxygens (including phenoxy) is 2. The van der Waals surface area contributed by atoms with Crippen molar-refractivity contribution in [2.75, 3.05) is 13.2 Å². The summed E-state index contributed by atoms with van der Waals surface area (Å²) in [5, 5.41) is 10.7. The predicted molar refractivity (Wildman–Crippen MR) is 82.7 cm³/mol. The summed E-state index contributed by atoms with van der Waals surface area (Å²) in [6.45, 7) is 8.99. The van der Waals surface area contributed by atoms with E-state index < -0.39 is 5.79 Å². The molecule has 0 aromatic heterocycles. The zero-order chi connectivity index (χ0) is 14.9. The largest absolute Gasteiger partial charge is 0.393 e. The highest BCUT2D eigenvalue weighted by atomic mass is 16.7. The molecule has 0 amide bonds. The van der Waals surface area contributed by atoms with Crippen LogP contribution in [0, 0.1) is 17.3 Å². The molecule has 2 fully saturated rings. The van der Waals surface area contributed by atoms with Crippen LogP contribution in [-0.4, -0.2) is 30.2 Å². The van der Waals surface area contributed by atoms with E-state index in [-0.39, 0.29) is 17.4 Å². The Labute approximate surface area is 127 Å². The first kappa shape index (κ1) is 15.0. The van der Waals surface area contributed by atoms with Gasteiger partial charge in [-0.3, -0.25) is 0 Å². The van der Waals surface area contributed by atoms with Crippen molar-refractivity contribution in [2.24, 2.45) is 17.3 Å². The molecule has 1 saturated carbocycles. The van der Waals surface area contributed by atoms with Gasteiger partial charge in [0, 0.05) is 6.42 Å². The highest BCUT2D eigenvalue weighted by Crippen LogP contribution is 2.61. The Balaban J connectivity index is 1.95. The van der Waals surface area contributed by atoms with Crippen molar-refractivity contribution in [2.45, 2.75) is 44.0 Å². The molecule has 21 heavy (non-hydrogen) atoms. The summed E-state index contributed by atoms with van der Waals surface area (Å²) in [6.07, 6.45) is 12.3. The number of hydrogen-bond acceptors (Lipinski definition) is 3. The first-order valence-electron chi connectivity index (χ1n) is 8.04. The maximum absolute atomic E-state index is 10.7. The molecule has 116 valence electrons. The Morgan fingerprint density at radius 1 is 1.29 bits per heavy atom. The van der Waals surface area contributed by atoms with Crippen LogP contribution in [0.2, 0.25) is 0 Å². The second-order valence-corrected chi connectivity index (χ2v) is 6.58. The molecule has 4 rings (SSSR count). The van der Waals surface area contributed by atoms with Crippen molar-refractivity contribution < 1.29 is 14.6 Å². The zero-order valence-electron chi connectivity index (χ0n) is 12.7.